The van der Waals surface area contributed by atoms with E-state index in [9.17, 15) is 33.6 Å². The lowest BCUT2D eigenvalue weighted by atomic mass is 10.1. The van der Waals surface area contributed by atoms with E-state index >= 15 is 0 Å². The number of phosphoric ester groups is 1. The Kier molecular flexibility index (Phi) is 7.38. The summed E-state index contributed by atoms with van der Waals surface area (Å²) >= 11 is 2.88. The predicted molar refractivity (Wildman–Crippen MR) is 106 cm³/mol. The molecule has 19 nitrogen and oxygen atoms in total. The summed E-state index contributed by atoms with van der Waals surface area (Å²) in [5, 5.41) is 20.5. The SMILES string of the molecule is Nc1nc2c(ncn2[C@@H]2O[C@H](COP(=O)(O)OP(=O)(O)OP(=O)(O)O)[C@@H](O)[C@H]2O)c(=O)n1Br. The van der Waals surface area contributed by atoms with Gasteiger partial charge in [0.1, 0.15) is 18.3 Å². The van der Waals surface area contributed by atoms with E-state index in [1.54, 1.807) is 0 Å². The Balaban J connectivity index is 1.75. The summed E-state index contributed by atoms with van der Waals surface area (Å²) in [5.41, 5.74) is 4.61. The predicted octanol–water partition coefficient (Wildman–Crippen LogP) is -1.70. The van der Waals surface area contributed by atoms with Crippen LogP contribution in [0.5, 0.6) is 0 Å². The van der Waals surface area contributed by atoms with Crippen molar-refractivity contribution in [3.05, 3.63) is 16.7 Å². The average molecular weight is 602 g/mol. The van der Waals surface area contributed by atoms with Crippen LogP contribution in [0.4, 0.5) is 5.95 Å². The van der Waals surface area contributed by atoms with Gasteiger partial charge in [-0.25, -0.2) is 22.3 Å². The van der Waals surface area contributed by atoms with Crippen LogP contribution < -0.4 is 11.3 Å². The molecule has 3 rings (SSSR count). The van der Waals surface area contributed by atoms with E-state index < -0.39 is 60.2 Å². The summed E-state index contributed by atoms with van der Waals surface area (Å²) in [5.74, 6) is -0.272. The van der Waals surface area contributed by atoms with Crippen molar-refractivity contribution in [1.82, 2.24) is 18.1 Å². The van der Waals surface area contributed by atoms with Crippen molar-refractivity contribution in [3.63, 3.8) is 0 Å². The molecular formula is C10H15BrN5O14P3. The number of imidazole rings is 1. The number of ether oxygens (including phenoxy) is 1. The molecule has 0 spiro atoms. The zero-order chi connectivity index (χ0) is 24.9. The molecule has 1 saturated heterocycles. The maximum Gasteiger partial charge on any atom is 0.490 e. The molecule has 2 aromatic rings. The summed E-state index contributed by atoms with van der Waals surface area (Å²) in [6.07, 6.45) is -5.38. The van der Waals surface area contributed by atoms with Crippen molar-refractivity contribution in [2.75, 3.05) is 12.3 Å². The fraction of sp³-hybridized carbons (Fsp3) is 0.500. The van der Waals surface area contributed by atoms with Crippen LogP contribution in [0.1, 0.15) is 6.23 Å². The number of hydrogen-bond acceptors (Lipinski definition) is 13. The standard InChI is InChI=1S/C10H15BrN5O14P3/c11-16-8(19)4-7(14-10(16)12)15(2-13-4)9-6(18)5(17)3(28-9)1-27-32(23,24)30-33(25,26)29-31(20,21)22/h2-3,5-6,9,17-18H,1H2,(H2,12,14)(H,23,24)(H,25,26)(H2,20,21,22)/t3-,5-,6-,9-/m1/s1. The second-order valence-corrected chi connectivity index (χ2v) is 11.4. The van der Waals surface area contributed by atoms with Gasteiger partial charge in [-0.15, -0.1) is 0 Å². The van der Waals surface area contributed by atoms with Crippen molar-refractivity contribution in [3.8, 4) is 0 Å². The Hall–Kier alpha value is -1.08. The number of nitrogens with zero attached hydrogens (tertiary/aromatic N) is 4. The third-order valence-corrected chi connectivity index (χ3v) is 8.49. The monoisotopic (exact) mass is 601 g/mol. The maximum absolute atomic E-state index is 12.2. The van der Waals surface area contributed by atoms with Crippen molar-refractivity contribution < 1.29 is 61.4 Å². The molecule has 0 saturated carbocycles. The molecule has 3 heterocycles. The summed E-state index contributed by atoms with van der Waals surface area (Å²) in [6, 6.07) is 0. The van der Waals surface area contributed by atoms with Crippen LogP contribution >= 0.6 is 39.6 Å². The van der Waals surface area contributed by atoms with Gasteiger partial charge in [0.25, 0.3) is 5.56 Å². The lowest BCUT2D eigenvalue weighted by molar-refractivity contribution is -0.0503. The average Bonchev–Trinajstić information content (AvgIpc) is 3.17. The highest BCUT2D eigenvalue weighted by molar-refractivity contribution is 9.08. The molecule has 0 aliphatic carbocycles. The molecule has 2 unspecified atom stereocenters. The molecular weight excluding hydrogens is 587 g/mol. The number of aliphatic hydroxyl groups is 2. The highest BCUT2D eigenvalue weighted by Gasteiger charge is 2.47. The van der Waals surface area contributed by atoms with E-state index in [1.807, 2.05) is 0 Å². The van der Waals surface area contributed by atoms with Gasteiger partial charge >= 0.3 is 23.5 Å². The van der Waals surface area contributed by atoms with Crippen LogP contribution in [0.15, 0.2) is 11.1 Å². The van der Waals surface area contributed by atoms with Crippen molar-refractivity contribution in [2.45, 2.75) is 24.5 Å². The topological polar surface area (TPSA) is 288 Å². The number of phosphoric acid groups is 3. The number of hydrogen-bond donors (Lipinski definition) is 7. The number of fused-ring (bicyclic) bond motifs is 1. The molecule has 6 atom stereocenters. The summed E-state index contributed by atoms with van der Waals surface area (Å²) in [6.45, 7) is -1.02. The Morgan fingerprint density at radius 1 is 1.12 bits per heavy atom. The molecule has 0 aromatic carbocycles. The minimum Gasteiger partial charge on any atom is -0.387 e. The number of aliphatic hydroxyl groups excluding tert-OH is 2. The second kappa shape index (κ2) is 9.18. The van der Waals surface area contributed by atoms with Crippen LogP contribution in [0, 0.1) is 0 Å². The number of halogens is 1. The quantitative estimate of drug-likeness (QED) is 0.166. The third kappa shape index (κ3) is 5.95. The van der Waals surface area contributed by atoms with Crippen LogP contribution in [0.2, 0.25) is 0 Å². The lowest BCUT2D eigenvalue weighted by Crippen LogP contribution is -2.33. The van der Waals surface area contributed by atoms with E-state index in [2.05, 4.69) is 39.3 Å². The zero-order valence-electron chi connectivity index (χ0n) is 15.6. The minimum atomic E-state index is -5.74. The number of nitrogen functional groups attached to an aromatic ring is 1. The van der Waals surface area contributed by atoms with Gasteiger partial charge in [-0.3, -0.25) is 13.9 Å². The second-order valence-electron chi connectivity index (χ2n) is 6.31. The lowest BCUT2D eigenvalue weighted by Gasteiger charge is -2.19. The number of rotatable bonds is 8. The molecule has 1 aliphatic rings. The van der Waals surface area contributed by atoms with Gasteiger partial charge in [0, 0.05) is 0 Å². The molecule has 23 heteroatoms. The van der Waals surface area contributed by atoms with E-state index in [4.69, 9.17) is 25.2 Å². The Morgan fingerprint density at radius 3 is 2.36 bits per heavy atom. The van der Waals surface area contributed by atoms with Crippen LogP contribution in [-0.4, -0.2) is 72.8 Å². The molecule has 186 valence electrons. The fourth-order valence-electron chi connectivity index (χ4n) is 2.72. The van der Waals surface area contributed by atoms with Gasteiger partial charge in [-0.1, -0.05) is 0 Å². The van der Waals surface area contributed by atoms with Crippen molar-refractivity contribution in [2.24, 2.45) is 0 Å². The molecule has 1 aliphatic heterocycles. The highest BCUT2D eigenvalue weighted by atomic mass is 79.9. The minimum absolute atomic E-state index is 0.127. The van der Waals surface area contributed by atoms with E-state index in [0.717, 1.165) is 14.5 Å². The highest BCUT2D eigenvalue weighted by Crippen LogP contribution is 2.66. The van der Waals surface area contributed by atoms with Gasteiger partial charge < -0.3 is 40.3 Å². The van der Waals surface area contributed by atoms with E-state index in [1.165, 1.54) is 0 Å². The molecule has 2 aromatic heterocycles. The number of anilines is 1. The molecule has 0 radical (unpaired) electrons. The normalized spacial score (nSPS) is 27.5. The number of nitrogens with two attached hydrogens (primary N) is 1. The largest absolute Gasteiger partial charge is 0.490 e. The van der Waals surface area contributed by atoms with Crippen LogP contribution in [0.3, 0.4) is 0 Å². The smallest absolute Gasteiger partial charge is 0.387 e. The first-order valence-corrected chi connectivity index (χ1v) is 13.5. The number of aromatic nitrogens is 4. The summed E-state index contributed by atoms with van der Waals surface area (Å²) < 4.78 is 52.6. The summed E-state index contributed by atoms with van der Waals surface area (Å²) in [7, 11) is -16.8. The zero-order valence-corrected chi connectivity index (χ0v) is 19.9. The van der Waals surface area contributed by atoms with Crippen molar-refractivity contribution >= 4 is 56.7 Å². The van der Waals surface area contributed by atoms with E-state index in [-0.39, 0.29) is 17.1 Å². The first kappa shape index (κ1) is 26.5. The van der Waals surface area contributed by atoms with E-state index in [0.29, 0.717) is 0 Å². The maximum atomic E-state index is 12.2. The third-order valence-electron chi connectivity index (χ3n) is 4.00. The molecule has 0 bridgehead atoms. The first-order chi connectivity index (χ1) is 15.0. The Morgan fingerprint density at radius 2 is 1.76 bits per heavy atom. The molecule has 1 fully saturated rings. The fourth-order valence-corrected chi connectivity index (χ4v) is 6.00. The van der Waals surface area contributed by atoms with Gasteiger partial charge in [-0.05, 0) is 0 Å². The molecule has 33 heavy (non-hydrogen) atoms. The molecule has 0 amide bonds. The summed E-state index contributed by atoms with van der Waals surface area (Å²) in [4.78, 5) is 55.6. The molecule has 8 N–H and O–H groups in total. The Bertz CT molecular complexity index is 1260. The van der Waals surface area contributed by atoms with Crippen LogP contribution in [-0.2, 0) is 31.6 Å². The Labute approximate surface area is 190 Å². The van der Waals surface area contributed by atoms with Crippen molar-refractivity contribution in [1.29, 1.82) is 0 Å². The van der Waals surface area contributed by atoms with Gasteiger partial charge in [0.15, 0.2) is 17.4 Å². The first-order valence-electron chi connectivity index (χ1n) is 8.22. The van der Waals surface area contributed by atoms with Gasteiger partial charge in [-0.2, -0.15) is 13.6 Å². The van der Waals surface area contributed by atoms with Crippen LogP contribution in [0.25, 0.3) is 11.2 Å². The van der Waals surface area contributed by atoms with Gasteiger partial charge in [0.2, 0.25) is 5.95 Å². The van der Waals surface area contributed by atoms with Gasteiger partial charge in [0.05, 0.1) is 29.1 Å².